The van der Waals surface area contributed by atoms with Crippen molar-refractivity contribution in [2.75, 3.05) is 0 Å². The molecule has 2 aromatic rings. The second kappa shape index (κ2) is 4.55. The summed E-state index contributed by atoms with van der Waals surface area (Å²) in [6, 6.07) is 3.48. The van der Waals surface area contributed by atoms with Crippen LogP contribution in [0.3, 0.4) is 0 Å². The zero-order valence-corrected chi connectivity index (χ0v) is 9.97. The number of nitrogens with two attached hydrogens (primary N) is 1. The van der Waals surface area contributed by atoms with Crippen LogP contribution in [0.15, 0.2) is 24.5 Å². The van der Waals surface area contributed by atoms with Crippen molar-refractivity contribution in [1.29, 1.82) is 0 Å². The molecule has 17 heavy (non-hydrogen) atoms. The predicted molar refractivity (Wildman–Crippen MR) is 65.4 cm³/mol. The Morgan fingerprint density at radius 1 is 1.65 bits per heavy atom. The van der Waals surface area contributed by atoms with E-state index >= 15 is 0 Å². The van der Waals surface area contributed by atoms with Crippen molar-refractivity contribution < 1.29 is 4.79 Å². The van der Waals surface area contributed by atoms with Crippen LogP contribution in [0, 0.1) is 6.92 Å². The van der Waals surface area contributed by atoms with E-state index in [1.807, 2.05) is 35.9 Å². The molecule has 2 heterocycles. The Kier molecular flexibility index (Phi) is 3.10. The molecule has 2 rings (SSSR count). The summed E-state index contributed by atoms with van der Waals surface area (Å²) in [5, 5.41) is 2.74. The molecule has 1 atom stereocenters. The molecule has 0 fully saturated rings. The first-order chi connectivity index (χ1) is 8.08. The highest BCUT2D eigenvalue weighted by Gasteiger charge is 2.08. The van der Waals surface area contributed by atoms with Gasteiger partial charge < -0.3 is 15.5 Å². The first kappa shape index (κ1) is 11.6. The number of aromatic nitrogens is 2. The Hall–Kier alpha value is -1.88. The van der Waals surface area contributed by atoms with Crippen LogP contribution in [0.25, 0.3) is 5.65 Å². The van der Waals surface area contributed by atoms with Gasteiger partial charge in [-0.05, 0) is 25.5 Å². The van der Waals surface area contributed by atoms with Gasteiger partial charge in [-0.2, -0.15) is 0 Å². The SMILES string of the molecule is Cc1cccn2cc(CNC(=O)[C@@H](C)N)nc12. The standard InChI is InChI=1S/C12H16N4O/c1-8-4-3-5-16-7-10(15-11(8)16)6-14-12(17)9(2)13/h3-5,7,9H,6,13H2,1-2H3,(H,14,17)/t9-/m1/s1. The van der Waals surface area contributed by atoms with E-state index in [0.717, 1.165) is 16.9 Å². The normalized spacial score (nSPS) is 12.6. The van der Waals surface area contributed by atoms with E-state index in [0.29, 0.717) is 6.54 Å². The molecule has 5 heteroatoms. The summed E-state index contributed by atoms with van der Waals surface area (Å²) in [7, 11) is 0. The maximum Gasteiger partial charge on any atom is 0.236 e. The molecular weight excluding hydrogens is 216 g/mol. The lowest BCUT2D eigenvalue weighted by Gasteiger charge is -2.04. The molecule has 1 amide bonds. The molecule has 0 saturated heterocycles. The second-order valence-corrected chi connectivity index (χ2v) is 4.16. The van der Waals surface area contributed by atoms with Gasteiger partial charge in [-0.1, -0.05) is 6.07 Å². The molecule has 0 bridgehead atoms. The van der Waals surface area contributed by atoms with E-state index < -0.39 is 6.04 Å². The van der Waals surface area contributed by atoms with Gasteiger partial charge >= 0.3 is 0 Å². The Balaban J connectivity index is 2.15. The first-order valence-electron chi connectivity index (χ1n) is 5.54. The van der Waals surface area contributed by atoms with Gasteiger partial charge in [-0.3, -0.25) is 4.79 Å². The number of carbonyl (C=O) groups is 1. The van der Waals surface area contributed by atoms with Gasteiger partial charge in [0.25, 0.3) is 0 Å². The maximum absolute atomic E-state index is 11.3. The zero-order valence-electron chi connectivity index (χ0n) is 9.97. The topological polar surface area (TPSA) is 72.4 Å². The van der Waals surface area contributed by atoms with Gasteiger partial charge in [0.1, 0.15) is 5.65 Å². The average Bonchev–Trinajstić information content (AvgIpc) is 2.70. The fourth-order valence-corrected chi connectivity index (χ4v) is 1.63. The fourth-order valence-electron chi connectivity index (χ4n) is 1.63. The van der Waals surface area contributed by atoms with Gasteiger partial charge in [-0.25, -0.2) is 4.98 Å². The monoisotopic (exact) mass is 232 g/mol. The third-order valence-electron chi connectivity index (χ3n) is 2.59. The predicted octanol–water partition coefficient (Wildman–Crippen LogP) is 0.606. The summed E-state index contributed by atoms with van der Waals surface area (Å²) in [6.07, 6.45) is 3.84. The number of rotatable bonds is 3. The molecule has 2 aromatic heterocycles. The number of imidazole rings is 1. The number of nitrogens with one attached hydrogen (secondary N) is 1. The minimum atomic E-state index is -0.492. The number of amides is 1. The lowest BCUT2D eigenvalue weighted by atomic mass is 10.3. The minimum absolute atomic E-state index is 0.168. The summed E-state index contributed by atoms with van der Waals surface area (Å²) in [4.78, 5) is 15.8. The summed E-state index contributed by atoms with van der Waals surface area (Å²) >= 11 is 0. The number of hydrogen-bond acceptors (Lipinski definition) is 3. The highest BCUT2D eigenvalue weighted by atomic mass is 16.2. The molecule has 3 N–H and O–H groups in total. The van der Waals surface area contributed by atoms with Gasteiger partial charge in [0.05, 0.1) is 18.3 Å². The third-order valence-corrected chi connectivity index (χ3v) is 2.59. The molecule has 0 aromatic carbocycles. The average molecular weight is 232 g/mol. The molecular formula is C12H16N4O. The molecule has 0 radical (unpaired) electrons. The Labute approximate surface area is 99.6 Å². The molecule has 0 spiro atoms. The van der Waals surface area contributed by atoms with Gasteiger partial charge in [0, 0.05) is 12.4 Å². The molecule has 5 nitrogen and oxygen atoms in total. The van der Waals surface area contributed by atoms with Crippen LogP contribution in [0.2, 0.25) is 0 Å². The lowest BCUT2D eigenvalue weighted by Crippen LogP contribution is -2.37. The van der Waals surface area contributed by atoms with Crippen molar-refractivity contribution in [3.05, 3.63) is 35.8 Å². The number of carbonyl (C=O) groups excluding carboxylic acids is 1. The molecule has 0 unspecified atom stereocenters. The van der Waals surface area contributed by atoms with Crippen LogP contribution in [0.1, 0.15) is 18.2 Å². The summed E-state index contributed by atoms with van der Waals surface area (Å²) in [6.45, 7) is 4.07. The number of nitrogens with zero attached hydrogens (tertiary/aromatic N) is 2. The second-order valence-electron chi connectivity index (χ2n) is 4.16. The molecule has 0 saturated carbocycles. The van der Waals surface area contributed by atoms with Crippen LogP contribution in [0.5, 0.6) is 0 Å². The van der Waals surface area contributed by atoms with Crippen LogP contribution >= 0.6 is 0 Å². The van der Waals surface area contributed by atoms with Crippen molar-refractivity contribution in [2.45, 2.75) is 26.4 Å². The van der Waals surface area contributed by atoms with E-state index in [1.165, 1.54) is 0 Å². The molecule has 0 aliphatic rings. The van der Waals surface area contributed by atoms with Crippen molar-refractivity contribution >= 4 is 11.6 Å². The fraction of sp³-hybridized carbons (Fsp3) is 0.333. The van der Waals surface area contributed by atoms with Gasteiger partial charge in [0.15, 0.2) is 0 Å². The number of fused-ring (bicyclic) bond motifs is 1. The number of hydrogen-bond donors (Lipinski definition) is 2. The highest BCUT2D eigenvalue weighted by Crippen LogP contribution is 2.09. The maximum atomic E-state index is 11.3. The van der Waals surface area contributed by atoms with E-state index in [1.54, 1.807) is 6.92 Å². The summed E-state index contributed by atoms with van der Waals surface area (Å²) < 4.78 is 1.95. The van der Waals surface area contributed by atoms with Crippen molar-refractivity contribution in [1.82, 2.24) is 14.7 Å². The largest absolute Gasteiger partial charge is 0.349 e. The first-order valence-corrected chi connectivity index (χ1v) is 5.54. The smallest absolute Gasteiger partial charge is 0.236 e. The highest BCUT2D eigenvalue weighted by molar-refractivity contribution is 5.80. The van der Waals surface area contributed by atoms with E-state index in [4.69, 9.17) is 5.73 Å². The lowest BCUT2D eigenvalue weighted by molar-refractivity contribution is -0.122. The summed E-state index contributed by atoms with van der Waals surface area (Å²) in [5.41, 5.74) is 8.31. The minimum Gasteiger partial charge on any atom is -0.349 e. The molecule has 0 aliphatic carbocycles. The van der Waals surface area contributed by atoms with Gasteiger partial charge in [0.2, 0.25) is 5.91 Å². The van der Waals surface area contributed by atoms with Crippen LogP contribution in [-0.4, -0.2) is 21.3 Å². The van der Waals surface area contributed by atoms with Gasteiger partial charge in [-0.15, -0.1) is 0 Å². The van der Waals surface area contributed by atoms with Crippen molar-refractivity contribution in [3.63, 3.8) is 0 Å². The third kappa shape index (κ3) is 2.45. The molecule has 90 valence electrons. The Bertz CT molecular complexity index is 544. The van der Waals surface area contributed by atoms with Crippen LogP contribution in [0.4, 0.5) is 0 Å². The number of pyridine rings is 1. The summed E-state index contributed by atoms with van der Waals surface area (Å²) in [5.74, 6) is -0.168. The van der Waals surface area contributed by atoms with Crippen LogP contribution in [-0.2, 0) is 11.3 Å². The molecule has 0 aliphatic heterocycles. The van der Waals surface area contributed by atoms with E-state index in [9.17, 15) is 4.79 Å². The Morgan fingerprint density at radius 2 is 2.41 bits per heavy atom. The van der Waals surface area contributed by atoms with E-state index in [2.05, 4.69) is 10.3 Å². The zero-order chi connectivity index (χ0) is 12.4. The van der Waals surface area contributed by atoms with E-state index in [-0.39, 0.29) is 5.91 Å². The van der Waals surface area contributed by atoms with Crippen molar-refractivity contribution in [3.8, 4) is 0 Å². The van der Waals surface area contributed by atoms with Crippen LogP contribution < -0.4 is 11.1 Å². The Morgan fingerprint density at radius 3 is 3.06 bits per heavy atom. The number of aryl methyl sites for hydroxylation is 1. The quantitative estimate of drug-likeness (QED) is 0.814. The van der Waals surface area contributed by atoms with Crippen molar-refractivity contribution in [2.24, 2.45) is 5.73 Å².